The van der Waals surface area contributed by atoms with Gasteiger partial charge in [0.2, 0.25) is 21.8 Å². The third-order valence-corrected chi connectivity index (χ3v) is 20.0. The van der Waals surface area contributed by atoms with Gasteiger partial charge in [-0.1, -0.05) is 25.0 Å². The van der Waals surface area contributed by atoms with Crippen molar-refractivity contribution < 1.29 is 79.1 Å². The van der Waals surface area contributed by atoms with Crippen LogP contribution in [0.1, 0.15) is 160 Å². The molecule has 3 unspecified atom stereocenters. The van der Waals surface area contributed by atoms with E-state index in [2.05, 4.69) is 25.3 Å². The van der Waals surface area contributed by atoms with E-state index in [4.69, 9.17) is 33.2 Å². The minimum absolute atomic E-state index is 0.00285. The SMILES string of the molecule is COC(=O)[C@@H]1C[C@]2(C[C@@H](F)c3c(c(C)nc4ccc(OC)cc34)O2)CN1C(=O)OC(C)(C)C.COc1ccc2nc(C)c3c(c2c1)[C@H](F)C[C@]1(C[C@H]2C(=O)NC4(C(=O)NS(=O)(=O)C5(C)CC5)CC4/C=C\CCCCCC(NC(=O)OC(C)(C)C)C(=O)N2C1)O3. The summed E-state index contributed by atoms with van der Waals surface area (Å²) in [6.07, 6.45) is 2.96. The van der Waals surface area contributed by atoms with Crippen molar-refractivity contribution in [1.82, 2.24) is 35.1 Å². The standard InChI is InChI=1S/C40H52FN5O9S.C24H29FN2O6/c1-23-32-31(26-18-25(53-6)14-15-28(26)42-23)27(41)20-39(54-32)21-30-33(47)44-40(35(49)45-56(51,52)38(5)16-17-38)19-24(40)12-10-8-7-9-11-13-29(34(48)46(30)22-39)43-36(50)55-37(2,3)4;1-13-20-19(15-9-14(30-5)7-8-17(15)26-13)16(25)10-24(32-20)11-18(21(28)31-6)27(12-24)22(29)33-23(2,3)4/h10,12,14-15,18,24,27,29-30H,7-9,11,13,16-17,19-22H2,1-6H3,(H,43,50)(H,44,47)(H,45,49);7-9,16,18H,10-12H2,1-6H3/b12-10-;/t24?,27-,29?,30+,39-,40?;16-,18+,24-/m11/s1. The average Bonchev–Trinajstić information content (AvgIpc) is 1.69. The molecule has 7 aliphatic rings. The Balaban J connectivity index is 0.000000225. The molecule has 4 fully saturated rings. The fraction of sp³-hybridized carbons (Fsp3) is 0.594. The van der Waals surface area contributed by atoms with Crippen molar-refractivity contribution in [3.63, 3.8) is 0 Å². The van der Waals surface area contributed by atoms with E-state index in [0.29, 0.717) is 87.3 Å². The average molecular weight is 1260 g/mol. The summed E-state index contributed by atoms with van der Waals surface area (Å²) in [5.74, 6) is -1.58. The summed E-state index contributed by atoms with van der Waals surface area (Å²) in [5, 5.41) is 6.72. The van der Waals surface area contributed by atoms with Gasteiger partial charge in [-0.2, -0.15) is 0 Å². The van der Waals surface area contributed by atoms with Gasteiger partial charge in [-0.05, 0) is 137 Å². The van der Waals surface area contributed by atoms with Crippen LogP contribution in [-0.4, -0.2) is 149 Å². The summed E-state index contributed by atoms with van der Waals surface area (Å²) < 4.78 is 99.9. The molecule has 482 valence electrons. The number of esters is 1. The number of halogens is 2. The van der Waals surface area contributed by atoms with Crippen LogP contribution in [0.2, 0.25) is 0 Å². The molecule has 2 saturated heterocycles. The quantitative estimate of drug-likeness (QED) is 0.0883. The van der Waals surface area contributed by atoms with Crippen molar-refractivity contribution in [3.8, 4) is 23.0 Å². The zero-order valence-corrected chi connectivity index (χ0v) is 53.4. The van der Waals surface area contributed by atoms with Gasteiger partial charge >= 0.3 is 18.2 Å². The van der Waals surface area contributed by atoms with Crippen LogP contribution in [0, 0.1) is 19.8 Å². The zero-order chi connectivity index (χ0) is 64.6. The summed E-state index contributed by atoms with van der Waals surface area (Å²) in [6.45, 7) is 15.2. The molecule has 11 rings (SSSR count). The Morgan fingerprint density at radius 2 is 1.31 bits per heavy atom. The van der Waals surface area contributed by atoms with E-state index in [-0.39, 0.29) is 57.4 Å². The number of nitrogens with zero attached hydrogens (tertiary/aromatic N) is 4. The molecule has 25 heteroatoms. The predicted molar refractivity (Wildman–Crippen MR) is 322 cm³/mol. The molecular weight excluding hydrogens is 1180 g/mol. The Kier molecular flexibility index (Phi) is 17.1. The lowest BCUT2D eigenvalue weighted by atomic mass is 9.86. The number of amides is 5. The molecule has 5 aliphatic heterocycles. The molecule has 4 aromatic rings. The number of rotatable bonds is 7. The van der Waals surface area contributed by atoms with Crippen molar-refractivity contribution in [2.24, 2.45) is 5.92 Å². The van der Waals surface area contributed by atoms with Crippen molar-refractivity contribution in [2.75, 3.05) is 34.4 Å². The van der Waals surface area contributed by atoms with E-state index in [1.54, 1.807) is 106 Å². The van der Waals surface area contributed by atoms with Gasteiger partial charge in [-0.15, -0.1) is 0 Å². The Hall–Kier alpha value is -7.57. The molecular formula is C64H81F2N7O15S. The van der Waals surface area contributed by atoms with Crippen molar-refractivity contribution >= 4 is 67.7 Å². The molecule has 0 radical (unpaired) electrons. The third kappa shape index (κ3) is 13.0. The van der Waals surface area contributed by atoms with Gasteiger partial charge in [-0.25, -0.2) is 41.6 Å². The fourth-order valence-corrected chi connectivity index (χ4v) is 14.3. The van der Waals surface area contributed by atoms with Gasteiger partial charge in [0.05, 0.1) is 61.6 Å². The minimum atomic E-state index is -4.04. The molecule has 2 aromatic carbocycles. The maximum absolute atomic E-state index is 16.8. The number of aryl methyl sites for hydroxylation is 2. The van der Waals surface area contributed by atoms with Crippen LogP contribution in [0.15, 0.2) is 48.6 Å². The Bertz CT molecular complexity index is 3660. The minimum Gasteiger partial charge on any atom is -0.497 e. The van der Waals surface area contributed by atoms with E-state index in [0.717, 1.165) is 12.8 Å². The van der Waals surface area contributed by atoms with Gasteiger partial charge < -0.3 is 48.7 Å². The number of alkyl halides is 2. The molecule has 2 aromatic heterocycles. The van der Waals surface area contributed by atoms with Crippen LogP contribution >= 0.6 is 0 Å². The highest BCUT2D eigenvalue weighted by molar-refractivity contribution is 7.91. The number of carbonyl (C=O) groups excluding carboxylic acids is 6. The monoisotopic (exact) mass is 1260 g/mol. The molecule has 5 amide bonds. The number of methoxy groups -OCH3 is 3. The highest BCUT2D eigenvalue weighted by Gasteiger charge is 2.64. The van der Waals surface area contributed by atoms with Crippen LogP contribution in [0.3, 0.4) is 0 Å². The number of hydrogen-bond donors (Lipinski definition) is 3. The first-order valence-corrected chi connectivity index (χ1v) is 31.8. The number of allylic oxidation sites excluding steroid dienone is 1. The number of aromatic nitrogens is 2. The Morgan fingerprint density at radius 3 is 1.84 bits per heavy atom. The second-order valence-electron chi connectivity index (χ2n) is 27.0. The number of benzene rings is 2. The fourth-order valence-electron chi connectivity index (χ4n) is 12.9. The maximum Gasteiger partial charge on any atom is 0.411 e. The van der Waals surface area contributed by atoms with Crippen LogP contribution in [-0.2, 0) is 43.4 Å². The lowest BCUT2D eigenvalue weighted by molar-refractivity contribution is -0.145. The first-order chi connectivity index (χ1) is 41.8. The lowest BCUT2D eigenvalue weighted by Crippen LogP contribution is -2.58. The number of fused-ring (bicyclic) bond motifs is 8. The normalized spacial score (nSPS) is 28.3. The van der Waals surface area contributed by atoms with E-state index in [1.165, 1.54) is 24.0 Å². The van der Waals surface area contributed by atoms with Gasteiger partial charge in [0.15, 0.2) is 0 Å². The topological polar surface area (TPSA) is 270 Å². The number of nitrogens with one attached hydrogen (secondary N) is 3. The first kappa shape index (κ1) is 64.4. The molecule has 2 spiro atoms. The summed E-state index contributed by atoms with van der Waals surface area (Å²) >= 11 is 0. The van der Waals surface area contributed by atoms with Crippen LogP contribution in [0.25, 0.3) is 21.8 Å². The molecule has 89 heavy (non-hydrogen) atoms. The first-order valence-electron chi connectivity index (χ1n) is 30.3. The lowest BCUT2D eigenvalue weighted by Gasteiger charge is -2.38. The van der Waals surface area contributed by atoms with E-state index in [1.807, 2.05) is 12.2 Å². The van der Waals surface area contributed by atoms with Crippen molar-refractivity contribution in [1.29, 1.82) is 0 Å². The highest BCUT2D eigenvalue weighted by atomic mass is 32.2. The molecule has 9 atom stereocenters. The molecule has 7 heterocycles. The number of hydrogen-bond acceptors (Lipinski definition) is 17. The van der Waals surface area contributed by atoms with Crippen LogP contribution < -0.4 is 34.3 Å². The zero-order valence-electron chi connectivity index (χ0n) is 52.6. The number of carbonyl (C=O) groups is 6. The van der Waals surface area contributed by atoms with Gasteiger partial charge in [0.1, 0.15) is 81.4 Å². The molecule has 0 bridgehead atoms. The molecule has 22 nitrogen and oxygen atoms in total. The summed E-state index contributed by atoms with van der Waals surface area (Å²) in [6, 6.07) is 7.18. The summed E-state index contributed by atoms with van der Waals surface area (Å²) in [5.41, 5.74) is -2.82. The summed E-state index contributed by atoms with van der Waals surface area (Å²) in [7, 11) is 0.277. The number of pyridine rings is 2. The number of ether oxygens (including phenoxy) is 7. The van der Waals surface area contributed by atoms with Crippen LogP contribution in [0.5, 0.6) is 23.0 Å². The van der Waals surface area contributed by atoms with Gasteiger partial charge in [0, 0.05) is 53.5 Å². The number of sulfonamides is 1. The molecule has 3 N–H and O–H groups in total. The second-order valence-corrected chi connectivity index (χ2v) is 29.2. The van der Waals surface area contributed by atoms with Crippen molar-refractivity contribution in [2.45, 2.75) is 203 Å². The summed E-state index contributed by atoms with van der Waals surface area (Å²) in [4.78, 5) is 93.6. The molecule has 2 aliphatic carbocycles. The largest absolute Gasteiger partial charge is 0.497 e. The highest BCUT2D eigenvalue weighted by Crippen LogP contribution is 2.54. The smallest absolute Gasteiger partial charge is 0.411 e. The van der Waals surface area contributed by atoms with E-state index in [9.17, 15) is 37.2 Å². The number of alkyl carbamates (subject to hydrolysis) is 1. The van der Waals surface area contributed by atoms with Gasteiger partial charge in [0.25, 0.3) is 5.91 Å². The van der Waals surface area contributed by atoms with E-state index >= 15 is 8.78 Å². The number of likely N-dealkylation sites (tertiary alicyclic amines) is 1. The van der Waals surface area contributed by atoms with E-state index < -0.39 is 115 Å². The Morgan fingerprint density at radius 1 is 0.753 bits per heavy atom. The maximum atomic E-state index is 16.8. The third-order valence-electron chi connectivity index (χ3n) is 17.9. The molecule has 2 saturated carbocycles. The van der Waals surface area contributed by atoms with Crippen molar-refractivity contribution in [3.05, 3.63) is 71.1 Å². The second kappa shape index (κ2) is 23.7. The Labute approximate surface area is 516 Å². The van der Waals surface area contributed by atoms with Crippen LogP contribution in [0.4, 0.5) is 18.4 Å². The predicted octanol–water partition coefficient (Wildman–Crippen LogP) is 9.24. The van der Waals surface area contributed by atoms with Gasteiger partial charge in [-0.3, -0.25) is 24.0 Å².